The molecule has 0 saturated heterocycles. The van der Waals surface area contributed by atoms with Crippen LogP contribution in [0.25, 0.3) is 0 Å². The first-order valence-corrected chi connectivity index (χ1v) is 8.94. The smallest absolute Gasteiger partial charge is 0.314 e. The minimum absolute atomic E-state index is 0.0696. The molecule has 1 aromatic heterocycles. The number of hydrogen-bond acceptors (Lipinski definition) is 3. The summed E-state index contributed by atoms with van der Waals surface area (Å²) in [6.45, 7) is 1.35. The molecule has 0 radical (unpaired) electrons. The number of thiophene rings is 1. The van der Waals surface area contributed by atoms with Gasteiger partial charge in [0.2, 0.25) is 0 Å². The van der Waals surface area contributed by atoms with Crippen LogP contribution in [0.2, 0.25) is 0 Å². The van der Waals surface area contributed by atoms with Crippen molar-refractivity contribution in [2.24, 2.45) is 0 Å². The summed E-state index contributed by atoms with van der Waals surface area (Å²) in [7, 11) is 4.08. The Bertz CT molecular complexity index is 482. The van der Waals surface area contributed by atoms with Crippen LogP contribution in [0.15, 0.2) is 29.2 Å². The van der Waals surface area contributed by atoms with Gasteiger partial charge in [0.05, 0.1) is 6.04 Å². The Hall–Kier alpha value is -1.33. The summed E-state index contributed by atoms with van der Waals surface area (Å²) in [6.07, 6.45) is 8.32. The highest BCUT2D eigenvalue weighted by Gasteiger charge is 2.16. The maximum absolute atomic E-state index is 11.9. The summed E-state index contributed by atoms with van der Waals surface area (Å²) in [5.41, 5.74) is 1.50. The van der Waals surface area contributed by atoms with Gasteiger partial charge in [0, 0.05) is 18.0 Å². The molecule has 0 fully saturated rings. The van der Waals surface area contributed by atoms with Crippen LogP contribution >= 0.6 is 11.3 Å². The second-order valence-corrected chi connectivity index (χ2v) is 6.97. The van der Waals surface area contributed by atoms with Crippen molar-refractivity contribution >= 4 is 17.4 Å². The van der Waals surface area contributed by atoms with Gasteiger partial charge >= 0.3 is 6.03 Å². The number of allylic oxidation sites excluding steroid dienone is 1. The highest BCUT2D eigenvalue weighted by molar-refractivity contribution is 7.10. The van der Waals surface area contributed by atoms with Crippen LogP contribution < -0.4 is 10.6 Å². The molecule has 0 aliphatic heterocycles. The van der Waals surface area contributed by atoms with Crippen LogP contribution in [-0.2, 0) is 0 Å². The molecule has 1 aliphatic carbocycles. The zero-order chi connectivity index (χ0) is 15.8. The Kier molecular flexibility index (Phi) is 6.93. The molecule has 2 rings (SSSR count). The fourth-order valence-electron chi connectivity index (χ4n) is 2.74. The standard InChI is InChI=1S/C17H27N3OS/c1-20(2)15(16-9-6-12-22-16)13-19-17(21)18-11-10-14-7-4-3-5-8-14/h6-7,9,12,15H,3-5,8,10-11,13H2,1-2H3,(H2,18,19,21). The minimum atomic E-state index is -0.0696. The monoisotopic (exact) mass is 321 g/mol. The molecule has 2 amide bonds. The van der Waals surface area contributed by atoms with E-state index in [0.717, 1.165) is 13.0 Å². The average molecular weight is 321 g/mol. The topological polar surface area (TPSA) is 44.4 Å². The van der Waals surface area contributed by atoms with Crippen LogP contribution in [0.5, 0.6) is 0 Å². The van der Waals surface area contributed by atoms with Crippen LogP contribution in [0.4, 0.5) is 4.79 Å². The molecule has 1 aromatic rings. The number of urea groups is 1. The van der Waals surface area contributed by atoms with Crippen molar-refractivity contribution in [1.29, 1.82) is 0 Å². The summed E-state index contributed by atoms with van der Waals surface area (Å²) < 4.78 is 0. The molecule has 5 heteroatoms. The average Bonchev–Trinajstić information content (AvgIpc) is 3.02. The molecule has 22 heavy (non-hydrogen) atoms. The van der Waals surface area contributed by atoms with Crippen LogP contribution in [0.3, 0.4) is 0 Å². The van der Waals surface area contributed by atoms with Gasteiger partial charge in [0.1, 0.15) is 0 Å². The third kappa shape index (κ3) is 5.46. The van der Waals surface area contributed by atoms with Gasteiger partial charge in [-0.2, -0.15) is 0 Å². The molecule has 4 nitrogen and oxygen atoms in total. The highest BCUT2D eigenvalue weighted by atomic mass is 32.1. The van der Waals surface area contributed by atoms with Gasteiger partial charge in [0.25, 0.3) is 0 Å². The van der Waals surface area contributed by atoms with Crippen molar-refractivity contribution in [3.63, 3.8) is 0 Å². The van der Waals surface area contributed by atoms with Crippen LogP contribution in [-0.4, -0.2) is 38.1 Å². The zero-order valence-corrected chi connectivity index (χ0v) is 14.4. The lowest BCUT2D eigenvalue weighted by Crippen LogP contribution is -2.40. The number of likely N-dealkylation sites (N-methyl/N-ethyl adjacent to an activating group) is 1. The fraction of sp³-hybridized carbons (Fsp3) is 0.588. The maximum atomic E-state index is 11.9. The molecular weight excluding hydrogens is 294 g/mol. The summed E-state index contributed by atoms with van der Waals surface area (Å²) in [4.78, 5) is 15.3. The predicted molar refractivity (Wildman–Crippen MR) is 93.3 cm³/mol. The van der Waals surface area contributed by atoms with Crippen molar-refractivity contribution in [1.82, 2.24) is 15.5 Å². The zero-order valence-electron chi connectivity index (χ0n) is 13.6. The quantitative estimate of drug-likeness (QED) is 0.755. The van der Waals surface area contributed by atoms with E-state index in [0.29, 0.717) is 6.54 Å². The van der Waals surface area contributed by atoms with Crippen LogP contribution in [0.1, 0.15) is 43.0 Å². The SMILES string of the molecule is CN(C)C(CNC(=O)NCCC1=CCCCC1)c1cccs1. The van der Waals surface area contributed by atoms with Crippen molar-refractivity contribution < 1.29 is 4.79 Å². The first kappa shape index (κ1) is 17.0. The number of carbonyl (C=O) groups excluding carboxylic acids is 1. The van der Waals surface area contributed by atoms with Crippen molar-refractivity contribution in [3.05, 3.63) is 34.0 Å². The molecule has 0 spiro atoms. The van der Waals surface area contributed by atoms with Crippen LogP contribution in [0, 0.1) is 0 Å². The predicted octanol–water partition coefficient (Wildman–Crippen LogP) is 3.54. The Morgan fingerprint density at radius 1 is 1.36 bits per heavy atom. The lowest BCUT2D eigenvalue weighted by Gasteiger charge is -2.23. The van der Waals surface area contributed by atoms with E-state index in [1.807, 2.05) is 14.1 Å². The van der Waals surface area contributed by atoms with Crippen molar-refractivity contribution in [2.45, 2.75) is 38.1 Å². The summed E-state index contributed by atoms with van der Waals surface area (Å²) in [6, 6.07) is 4.32. The second-order valence-electron chi connectivity index (χ2n) is 5.99. The molecule has 122 valence electrons. The second kappa shape index (κ2) is 8.96. The number of amides is 2. The summed E-state index contributed by atoms with van der Waals surface area (Å²) >= 11 is 1.73. The van der Waals surface area contributed by atoms with E-state index < -0.39 is 0 Å². The lowest BCUT2D eigenvalue weighted by atomic mass is 9.97. The summed E-state index contributed by atoms with van der Waals surface area (Å²) in [5.74, 6) is 0. The molecule has 1 aliphatic rings. The first-order valence-electron chi connectivity index (χ1n) is 8.06. The number of carbonyl (C=O) groups is 1. The Balaban J connectivity index is 1.69. The van der Waals surface area contributed by atoms with E-state index in [1.165, 1.54) is 36.1 Å². The molecule has 0 aromatic carbocycles. The van der Waals surface area contributed by atoms with Gasteiger partial charge < -0.3 is 15.5 Å². The fourth-order valence-corrected chi connectivity index (χ4v) is 3.66. The number of hydrogen-bond donors (Lipinski definition) is 2. The maximum Gasteiger partial charge on any atom is 0.314 e. The van der Waals surface area contributed by atoms with Crippen molar-refractivity contribution in [2.75, 3.05) is 27.2 Å². The molecule has 1 unspecified atom stereocenters. The van der Waals surface area contributed by atoms with E-state index in [-0.39, 0.29) is 12.1 Å². The third-order valence-corrected chi connectivity index (χ3v) is 5.04. The number of nitrogens with one attached hydrogen (secondary N) is 2. The Labute approximate surface area is 137 Å². The van der Waals surface area contributed by atoms with E-state index >= 15 is 0 Å². The number of rotatable bonds is 7. The molecule has 1 atom stereocenters. The largest absolute Gasteiger partial charge is 0.338 e. The van der Waals surface area contributed by atoms with Gasteiger partial charge in [-0.15, -0.1) is 11.3 Å². The molecular formula is C17H27N3OS. The third-order valence-electron chi connectivity index (χ3n) is 4.07. The Morgan fingerprint density at radius 3 is 2.86 bits per heavy atom. The Morgan fingerprint density at radius 2 is 2.23 bits per heavy atom. The van der Waals surface area contributed by atoms with Gasteiger partial charge in [-0.1, -0.05) is 17.7 Å². The van der Waals surface area contributed by atoms with Gasteiger partial charge in [-0.05, 0) is 57.6 Å². The van der Waals surface area contributed by atoms with Crippen molar-refractivity contribution in [3.8, 4) is 0 Å². The normalized spacial score (nSPS) is 16.2. The van der Waals surface area contributed by atoms with Gasteiger partial charge in [-0.25, -0.2) is 4.79 Å². The van der Waals surface area contributed by atoms with Gasteiger partial charge in [0.15, 0.2) is 0 Å². The molecule has 0 saturated carbocycles. The molecule has 0 bridgehead atoms. The van der Waals surface area contributed by atoms with E-state index in [9.17, 15) is 4.79 Å². The van der Waals surface area contributed by atoms with E-state index in [4.69, 9.17) is 0 Å². The molecule has 1 heterocycles. The molecule has 2 N–H and O–H groups in total. The summed E-state index contributed by atoms with van der Waals surface area (Å²) in [5, 5.41) is 8.02. The highest BCUT2D eigenvalue weighted by Crippen LogP contribution is 2.22. The van der Waals surface area contributed by atoms with E-state index in [1.54, 1.807) is 11.3 Å². The lowest BCUT2D eigenvalue weighted by molar-refractivity contribution is 0.233. The minimum Gasteiger partial charge on any atom is -0.338 e. The number of nitrogens with zero attached hydrogens (tertiary/aromatic N) is 1. The first-order chi connectivity index (χ1) is 10.7. The van der Waals surface area contributed by atoms with Gasteiger partial charge in [-0.3, -0.25) is 0 Å². The van der Waals surface area contributed by atoms with E-state index in [2.05, 4.69) is 39.1 Å².